The second-order valence-corrected chi connectivity index (χ2v) is 8.93. The molecule has 0 aromatic heterocycles. The lowest BCUT2D eigenvalue weighted by atomic mass is 9.91. The van der Waals surface area contributed by atoms with Gasteiger partial charge >= 0.3 is 6.03 Å². The number of rotatable bonds is 7. The van der Waals surface area contributed by atoms with Gasteiger partial charge in [0.2, 0.25) is 5.91 Å². The van der Waals surface area contributed by atoms with Crippen LogP contribution in [0.25, 0.3) is 0 Å². The lowest BCUT2D eigenvalue weighted by Crippen LogP contribution is -2.45. The predicted octanol–water partition coefficient (Wildman–Crippen LogP) is 3.01. The van der Waals surface area contributed by atoms with Crippen LogP contribution in [0, 0.1) is 0 Å². The summed E-state index contributed by atoms with van der Waals surface area (Å²) >= 11 is 0. The van der Waals surface area contributed by atoms with Crippen LogP contribution >= 0.6 is 0 Å². The summed E-state index contributed by atoms with van der Waals surface area (Å²) in [6.07, 6.45) is 2.64. The largest absolute Gasteiger partial charge is 0.493 e. The Kier molecular flexibility index (Phi) is 6.50. The van der Waals surface area contributed by atoms with Crippen LogP contribution in [0.15, 0.2) is 36.4 Å². The Morgan fingerprint density at radius 2 is 1.71 bits per heavy atom. The minimum absolute atomic E-state index is 0.272. The molecule has 0 spiro atoms. The second-order valence-electron chi connectivity index (χ2n) is 8.93. The average molecular weight is 466 g/mol. The molecule has 4 amide bonds. The van der Waals surface area contributed by atoms with Crippen molar-refractivity contribution in [3.05, 3.63) is 58.7 Å². The van der Waals surface area contributed by atoms with Crippen LogP contribution < -0.4 is 14.8 Å². The number of carbonyl (C=O) groups is 3. The van der Waals surface area contributed by atoms with Crippen LogP contribution in [-0.2, 0) is 34.5 Å². The van der Waals surface area contributed by atoms with Crippen molar-refractivity contribution in [2.24, 2.45) is 0 Å². The van der Waals surface area contributed by atoms with Gasteiger partial charge < -0.3 is 19.7 Å². The van der Waals surface area contributed by atoms with Gasteiger partial charge in [-0.2, -0.15) is 0 Å². The van der Waals surface area contributed by atoms with E-state index in [9.17, 15) is 14.4 Å². The zero-order chi connectivity index (χ0) is 24.5. The van der Waals surface area contributed by atoms with Crippen LogP contribution in [0.3, 0.4) is 0 Å². The fraction of sp³-hybridized carbons (Fsp3) is 0.423. The molecule has 34 heavy (non-hydrogen) atoms. The monoisotopic (exact) mass is 465 g/mol. The van der Waals surface area contributed by atoms with E-state index < -0.39 is 17.5 Å². The highest BCUT2D eigenvalue weighted by atomic mass is 16.5. The number of carbonyl (C=O) groups excluding carboxylic acids is 3. The molecule has 0 bridgehead atoms. The van der Waals surface area contributed by atoms with Crippen molar-refractivity contribution < 1.29 is 23.9 Å². The third kappa shape index (κ3) is 4.20. The van der Waals surface area contributed by atoms with Gasteiger partial charge in [-0.05, 0) is 54.2 Å². The Morgan fingerprint density at radius 3 is 2.32 bits per heavy atom. The highest BCUT2D eigenvalue weighted by molar-refractivity contribution is 6.09. The van der Waals surface area contributed by atoms with Gasteiger partial charge in [0.05, 0.1) is 14.2 Å². The maximum atomic E-state index is 13.3. The summed E-state index contributed by atoms with van der Waals surface area (Å²) in [6, 6.07) is 11.0. The number of nitrogens with one attached hydrogen (secondary N) is 1. The van der Waals surface area contributed by atoms with Gasteiger partial charge in [0.25, 0.3) is 5.91 Å². The maximum absolute atomic E-state index is 13.3. The van der Waals surface area contributed by atoms with Crippen molar-refractivity contribution in [2.75, 3.05) is 27.3 Å². The lowest BCUT2D eigenvalue weighted by Gasteiger charge is -2.30. The Balaban J connectivity index is 1.47. The summed E-state index contributed by atoms with van der Waals surface area (Å²) in [4.78, 5) is 41.8. The van der Waals surface area contributed by atoms with E-state index in [0.29, 0.717) is 36.6 Å². The Morgan fingerprint density at radius 1 is 1.06 bits per heavy atom. The summed E-state index contributed by atoms with van der Waals surface area (Å²) in [7, 11) is 3.16. The minimum Gasteiger partial charge on any atom is -0.493 e. The minimum atomic E-state index is -1.19. The summed E-state index contributed by atoms with van der Waals surface area (Å²) in [6.45, 7) is 4.38. The topological polar surface area (TPSA) is 88.2 Å². The maximum Gasteiger partial charge on any atom is 0.325 e. The number of aryl methyl sites for hydroxylation is 1. The highest BCUT2D eigenvalue weighted by Crippen LogP contribution is 2.34. The number of ether oxygens (including phenoxy) is 2. The number of benzene rings is 2. The van der Waals surface area contributed by atoms with Crippen molar-refractivity contribution in [1.29, 1.82) is 0 Å². The molecule has 2 heterocycles. The summed E-state index contributed by atoms with van der Waals surface area (Å²) in [5.74, 6) is 0.567. The zero-order valence-corrected chi connectivity index (χ0v) is 20.1. The molecule has 1 unspecified atom stereocenters. The molecule has 4 rings (SSSR count). The number of amides is 4. The molecule has 0 aliphatic carbocycles. The quantitative estimate of drug-likeness (QED) is 0.635. The van der Waals surface area contributed by atoms with Crippen LogP contribution in [0.2, 0.25) is 0 Å². The Hall–Kier alpha value is -3.55. The summed E-state index contributed by atoms with van der Waals surface area (Å²) < 4.78 is 10.8. The predicted molar refractivity (Wildman–Crippen MR) is 127 cm³/mol. The fourth-order valence-corrected chi connectivity index (χ4v) is 4.66. The lowest BCUT2D eigenvalue weighted by molar-refractivity contribution is -0.139. The smallest absolute Gasteiger partial charge is 0.325 e. The van der Waals surface area contributed by atoms with Gasteiger partial charge in [-0.3, -0.25) is 14.5 Å². The van der Waals surface area contributed by atoms with Crippen LogP contribution in [-0.4, -0.2) is 55.0 Å². The summed E-state index contributed by atoms with van der Waals surface area (Å²) in [5, 5.41) is 2.79. The van der Waals surface area contributed by atoms with Crippen molar-refractivity contribution in [3.63, 3.8) is 0 Å². The number of nitrogens with zero attached hydrogens (tertiary/aromatic N) is 2. The first-order chi connectivity index (χ1) is 16.3. The number of hydrogen-bond acceptors (Lipinski definition) is 5. The molecular weight excluding hydrogens is 434 g/mol. The van der Waals surface area contributed by atoms with Gasteiger partial charge in [0.1, 0.15) is 12.1 Å². The van der Waals surface area contributed by atoms with Gasteiger partial charge in [-0.15, -0.1) is 0 Å². The SMILES string of the molecule is CCCc1ccc(C2(C)NC(=O)N(CC(=O)N3CCc4cc(OC)c(OC)cc4C3)C2=O)cc1. The molecule has 1 fully saturated rings. The van der Waals surface area contributed by atoms with Gasteiger partial charge in [0.15, 0.2) is 11.5 Å². The standard InChI is InChI=1S/C26H31N3O5/c1-5-6-17-7-9-20(10-8-17)26(2)24(31)29(25(32)27-26)16-23(30)28-12-11-18-13-21(33-3)22(34-4)14-19(18)15-28/h7-10,13-14H,5-6,11-12,15-16H2,1-4H3,(H,27,32). The number of methoxy groups -OCH3 is 2. The number of imide groups is 1. The molecule has 8 heteroatoms. The van der Waals surface area contributed by atoms with E-state index >= 15 is 0 Å². The fourth-order valence-electron chi connectivity index (χ4n) is 4.66. The van der Waals surface area contributed by atoms with E-state index in [4.69, 9.17) is 9.47 Å². The Labute approximate surface area is 199 Å². The second kappa shape index (κ2) is 9.37. The number of fused-ring (bicyclic) bond motifs is 1. The van der Waals surface area contributed by atoms with Gasteiger partial charge in [0, 0.05) is 13.1 Å². The molecule has 8 nitrogen and oxygen atoms in total. The van der Waals surface area contributed by atoms with Crippen molar-refractivity contribution in [2.45, 2.75) is 45.2 Å². The normalized spacial score (nSPS) is 19.6. The first kappa shape index (κ1) is 23.6. The van der Waals surface area contributed by atoms with E-state index in [1.807, 2.05) is 36.4 Å². The van der Waals surface area contributed by atoms with Gasteiger partial charge in [-0.1, -0.05) is 37.6 Å². The molecular formula is C26H31N3O5. The molecule has 1 N–H and O–H groups in total. The number of hydrogen-bond donors (Lipinski definition) is 1. The first-order valence-electron chi connectivity index (χ1n) is 11.6. The molecule has 180 valence electrons. The van der Waals surface area contributed by atoms with Crippen LogP contribution in [0.4, 0.5) is 4.79 Å². The number of urea groups is 1. The molecule has 2 aromatic carbocycles. The van der Waals surface area contributed by atoms with E-state index in [-0.39, 0.29) is 12.5 Å². The van der Waals surface area contributed by atoms with E-state index in [1.54, 1.807) is 26.0 Å². The van der Waals surface area contributed by atoms with Crippen LogP contribution in [0.1, 0.15) is 42.5 Å². The van der Waals surface area contributed by atoms with Crippen LogP contribution in [0.5, 0.6) is 11.5 Å². The van der Waals surface area contributed by atoms with E-state index in [1.165, 1.54) is 5.56 Å². The molecule has 0 radical (unpaired) electrons. The highest BCUT2D eigenvalue weighted by Gasteiger charge is 2.49. The van der Waals surface area contributed by atoms with Crippen molar-refractivity contribution in [1.82, 2.24) is 15.1 Å². The summed E-state index contributed by atoms with van der Waals surface area (Å²) in [5.41, 5.74) is 2.75. The molecule has 2 aliphatic rings. The third-order valence-corrected chi connectivity index (χ3v) is 6.71. The van der Waals surface area contributed by atoms with Gasteiger partial charge in [-0.25, -0.2) is 4.79 Å². The Bertz CT molecular complexity index is 1110. The van der Waals surface area contributed by atoms with Crippen molar-refractivity contribution in [3.8, 4) is 11.5 Å². The van der Waals surface area contributed by atoms with E-state index in [2.05, 4.69) is 12.2 Å². The average Bonchev–Trinajstić information content (AvgIpc) is 3.07. The third-order valence-electron chi connectivity index (χ3n) is 6.71. The first-order valence-corrected chi connectivity index (χ1v) is 11.6. The molecule has 2 aliphatic heterocycles. The molecule has 0 saturated carbocycles. The van der Waals surface area contributed by atoms with E-state index in [0.717, 1.165) is 28.9 Å². The molecule has 2 aromatic rings. The zero-order valence-electron chi connectivity index (χ0n) is 20.1. The molecule has 1 saturated heterocycles. The van der Waals surface area contributed by atoms with Crippen molar-refractivity contribution >= 4 is 17.8 Å². The molecule has 1 atom stereocenters.